The van der Waals surface area contributed by atoms with Crippen LogP contribution >= 0.6 is 12.4 Å². The average molecular weight is 309 g/mol. The van der Waals surface area contributed by atoms with Gasteiger partial charge in [-0.2, -0.15) is 13.2 Å². The van der Waals surface area contributed by atoms with E-state index in [4.69, 9.17) is 5.73 Å². The van der Waals surface area contributed by atoms with Crippen molar-refractivity contribution in [2.75, 3.05) is 18.4 Å². The van der Waals surface area contributed by atoms with Crippen molar-refractivity contribution in [1.82, 2.24) is 4.90 Å². The van der Waals surface area contributed by atoms with E-state index in [1.807, 2.05) is 0 Å². The van der Waals surface area contributed by atoms with Crippen LogP contribution in [0.2, 0.25) is 0 Å². The van der Waals surface area contributed by atoms with Crippen molar-refractivity contribution in [3.8, 4) is 0 Å². The molecular formula is C11H12ClF3N4O. The van der Waals surface area contributed by atoms with Gasteiger partial charge in [-0.25, -0.2) is 4.79 Å². The molecule has 9 heteroatoms. The number of hydrogen-bond acceptors (Lipinski definition) is 3. The van der Waals surface area contributed by atoms with Gasteiger partial charge in [0.25, 0.3) is 0 Å². The van der Waals surface area contributed by atoms with Crippen LogP contribution < -0.4 is 11.1 Å². The second-order valence-electron chi connectivity index (χ2n) is 3.87. The van der Waals surface area contributed by atoms with Gasteiger partial charge in [0.2, 0.25) is 0 Å². The zero-order chi connectivity index (χ0) is 14.0. The predicted octanol–water partition coefficient (Wildman–Crippen LogP) is 2.29. The molecule has 0 spiro atoms. The summed E-state index contributed by atoms with van der Waals surface area (Å²) in [6.45, 7) is 0.603. The summed E-state index contributed by atoms with van der Waals surface area (Å²) in [7, 11) is 0. The number of para-hydroxylation sites is 1. The fourth-order valence-electron chi connectivity index (χ4n) is 1.69. The molecule has 2 amide bonds. The van der Waals surface area contributed by atoms with Crippen molar-refractivity contribution < 1.29 is 18.0 Å². The van der Waals surface area contributed by atoms with E-state index in [1.54, 1.807) is 0 Å². The lowest BCUT2D eigenvalue weighted by Gasteiger charge is -2.18. The third-order valence-electron chi connectivity index (χ3n) is 2.59. The molecule has 0 bridgehead atoms. The summed E-state index contributed by atoms with van der Waals surface area (Å²) in [5.74, 6) is 0.00184. The molecule has 2 rings (SSSR count). The number of nitrogens with one attached hydrogen (secondary N) is 1. The summed E-state index contributed by atoms with van der Waals surface area (Å²) in [5, 5.41) is 2.20. The molecule has 5 nitrogen and oxygen atoms in total. The average Bonchev–Trinajstić information content (AvgIpc) is 2.75. The zero-order valence-electron chi connectivity index (χ0n) is 10.1. The molecule has 0 saturated carbocycles. The van der Waals surface area contributed by atoms with Gasteiger partial charge in [0.15, 0.2) is 5.96 Å². The number of guanidine groups is 1. The van der Waals surface area contributed by atoms with Gasteiger partial charge in [0, 0.05) is 0 Å². The summed E-state index contributed by atoms with van der Waals surface area (Å²) in [6, 6.07) is 4.02. The Balaban J connectivity index is 0.00000200. The van der Waals surface area contributed by atoms with Crippen LogP contribution in [0.3, 0.4) is 0 Å². The van der Waals surface area contributed by atoms with E-state index < -0.39 is 17.8 Å². The van der Waals surface area contributed by atoms with Crippen LogP contribution in [0, 0.1) is 0 Å². The van der Waals surface area contributed by atoms with Gasteiger partial charge < -0.3 is 11.1 Å². The Bertz CT molecular complexity index is 533. The van der Waals surface area contributed by atoms with Crippen LogP contribution in [-0.4, -0.2) is 30.0 Å². The monoisotopic (exact) mass is 308 g/mol. The standard InChI is InChI=1S/C11H11F3N4O.ClH/c12-11(13,14)7-3-1-2-4-8(7)17-10(19)18-6-5-16-9(18)15;/h1-4H,5-6H2,(H2,15,16)(H,17,19);1H. The maximum atomic E-state index is 12.7. The lowest BCUT2D eigenvalue weighted by Crippen LogP contribution is -2.41. The second-order valence-corrected chi connectivity index (χ2v) is 3.87. The van der Waals surface area contributed by atoms with Gasteiger partial charge >= 0.3 is 12.2 Å². The Morgan fingerprint density at radius 1 is 1.35 bits per heavy atom. The fourth-order valence-corrected chi connectivity index (χ4v) is 1.69. The summed E-state index contributed by atoms with van der Waals surface area (Å²) < 4.78 is 38.2. The number of benzene rings is 1. The van der Waals surface area contributed by atoms with Crippen molar-refractivity contribution in [3.05, 3.63) is 29.8 Å². The molecule has 0 radical (unpaired) electrons. The number of amides is 2. The molecule has 0 fully saturated rings. The minimum atomic E-state index is -4.53. The Morgan fingerprint density at radius 2 is 2.00 bits per heavy atom. The number of nitrogens with zero attached hydrogens (tertiary/aromatic N) is 2. The van der Waals surface area contributed by atoms with Crippen molar-refractivity contribution in [1.29, 1.82) is 0 Å². The highest BCUT2D eigenvalue weighted by molar-refractivity contribution is 6.03. The van der Waals surface area contributed by atoms with Crippen LogP contribution in [0.25, 0.3) is 0 Å². The predicted molar refractivity (Wildman–Crippen MR) is 70.9 cm³/mol. The SMILES string of the molecule is Cl.NC1=NCCN1C(=O)Nc1ccccc1C(F)(F)F. The minimum absolute atomic E-state index is 0. The molecular weight excluding hydrogens is 297 g/mol. The molecule has 0 atom stereocenters. The van der Waals surface area contributed by atoms with E-state index in [-0.39, 0.29) is 30.6 Å². The summed E-state index contributed by atoms with van der Waals surface area (Å²) in [5.41, 5.74) is 4.24. The lowest BCUT2D eigenvalue weighted by atomic mass is 10.1. The van der Waals surface area contributed by atoms with Crippen molar-refractivity contribution in [2.45, 2.75) is 6.18 Å². The molecule has 1 heterocycles. The smallest absolute Gasteiger partial charge is 0.369 e. The number of urea groups is 1. The number of hydrogen-bond donors (Lipinski definition) is 2. The Hall–Kier alpha value is -1.96. The molecule has 1 aromatic rings. The maximum absolute atomic E-state index is 12.7. The largest absolute Gasteiger partial charge is 0.418 e. The van der Waals surface area contributed by atoms with Gasteiger partial charge in [-0.3, -0.25) is 9.89 Å². The molecule has 1 aliphatic rings. The van der Waals surface area contributed by atoms with Crippen molar-refractivity contribution >= 4 is 30.1 Å². The minimum Gasteiger partial charge on any atom is -0.369 e. The van der Waals surface area contributed by atoms with E-state index in [1.165, 1.54) is 18.2 Å². The Kier molecular flexibility index (Phi) is 4.83. The Labute approximate surface area is 119 Å². The van der Waals surface area contributed by atoms with Crippen LogP contribution in [-0.2, 0) is 6.18 Å². The number of aliphatic imine (C=N–C) groups is 1. The fraction of sp³-hybridized carbons (Fsp3) is 0.273. The summed E-state index contributed by atoms with van der Waals surface area (Å²) in [6.07, 6.45) is -4.53. The van der Waals surface area contributed by atoms with Crippen molar-refractivity contribution in [3.63, 3.8) is 0 Å². The van der Waals surface area contributed by atoms with E-state index in [0.29, 0.717) is 6.54 Å². The molecule has 1 aromatic carbocycles. The topological polar surface area (TPSA) is 70.7 Å². The normalized spacial score (nSPS) is 14.6. The molecule has 3 N–H and O–H groups in total. The highest BCUT2D eigenvalue weighted by Gasteiger charge is 2.34. The number of nitrogens with two attached hydrogens (primary N) is 1. The molecule has 1 aliphatic heterocycles. The highest BCUT2D eigenvalue weighted by atomic mass is 35.5. The number of alkyl halides is 3. The van der Waals surface area contributed by atoms with Gasteiger partial charge in [-0.1, -0.05) is 12.1 Å². The summed E-state index contributed by atoms with van der Waals surface area (Å²) in [4.78, 5) is 16.7. The van der Waals surface area contributed by atoms with Crippen LogP contribution in [0.15, 0.2) is 29.3 Å². The number of carbonyl (C=O) groups is 1. The first-order valence-electron chi connectivity index (χ1n) is 5.44. The van der Waals surface area contributed by atoms with E-state index in [9.17, 15) is 18.0 Å². The van der Waals surface area contributed by atoms with Gasteiger partial charge in [0.1, 0.15) is 0 Å². The van der Waals surface area contributed by atoms with E-state index >= 15 is 0 Å². The highest BCUT2D eigenvalue weighted by Crippen LogP contribution is 2.34. The molecule has 110 valence electrons. The van der Waals surface area contributed by atoms with Gasteiger partial charge in [-0.15, -0.1) is 12.4 Å². The molecule has 0 unspecified atom stereocenters. The Morgan fingerprint density at radius 3 is 2.55 bits per heavy atom. The van der Waals surface area contributed by atoms with Crippen LogP contribution in [0.1, 0.15) is 5.56 Å². The number of anilines is 1. The number of carbonyl (C=O) groups excluding carboxylic acids is 1. The van der Waals surface area contributed by atoms with Crippen LogP contribution in [0.4, 0.5) is 23.7 Å². The molecule has 0 saturated heterocycles. The first-order valence-corrected chi connectivity index (χ1v) is 5.44. The van der Waals surface area contributed by atoms with E-state index in [0.717, 1.165) is 11.0 Å². The van der Waals surface area contributed by atoms with Gasteiger partial charge in [-0.05, 0) is 12.1 Å². The number of rotatable bonds is 1. The van der Waals surface area contributed by atoms with Gasteiger partial charge in [0.05, 0.1) is 24.3 Å². The molecule has 0 aromatic heterocycles. The van der Waals surface area contributed by atoms with Crippen LogP contribution in [0.5, 0.6) is 0 Å². The number of halogens is 4. The maximum Gasteiger partial charge on any atom is 0.418 e. The third-order valence-corrected chi connectivity index (χ3v) is 2.59. The summed E-state index contributed by atoms with van der Waals surface area (Å²) >= 11 is 0. The third kappa shape index (κ3) is 3.32. The van der Waals surface area contributed by atoms with Crippen molar-refractivity contribution in [2.24, 2.45) is 10.7 Å². The van der Waals surface area contributed by atoms with E-state index in [2.05, 4.69) is 10.3 Å². The zero-order valence-corrected chi connectivity index (χ0v) is 11.0. The molecule has 0 aliphatic carbocycles. The lowest BCUT2D eigenvalue weighted by molar-refractivity contribution is -0.136. The first-order chi connectivity index (χ1) is 8.89. The quantitative estimate of drug-likeness (QED) is 0.835. The first kappa shape index (κ1) is 16.1. The molecule has 20 heavy (non-hydrogen) atoms. The second kappa shape index (κ2) is 6.00.